The lowest BCUT2D eigenvalue weighted by Crippen LogP contribution is -2.57. The van der Waals surface area contributed by atoms with Crippen molar-refractivity contribution in [2.24, 2.45) is 0 Å². The van der Waals surface area contributed by atoms with E-state index in [1.54, 1.807) is 10.3 Å². The van der Waals surface area contributed by atoms with Gasteiger partial charge in [-0.15, -0.1) is 0 Å². The van der Waals surface area contributed by atoms with Crippen LogP contribution < -0.4 is 10.7 Å². The highest BCUT2D eigenvalue weighted by atomic mass is 19.4. The predicted molar refractivity (Wildman–Crippen MR) is 57.2 cm³/mol. The van der Waals surface area contributed by atoms with Gasteiger partial charge in [-0.1, -0.05) is 6.42 Å². The number of piperidine rings is 1. The molecule has 1 heterocycles. The fourth-order valence-corrected chi connectivity index (χ4v) is 1.98. The second-order valence-electron chi connectivity index (χ2n) is 4.45. The number of carbonyl (C=O) groups is 1. The lowest BCUT2D eigenvalue weighted by molar-refractivity contribution is -0.123. The number of amides is 2. The highest BCUT2D eigenvalue weighted by Gasteiger charge is 2.29. The first kappa shape index (κ1) is 14.1. The van der Waals surface area contributed by atoms with Gasteiger partial charge in [-0.05, 0) is 26.7 Å². The van der Waals surface area contributed by atoms with E-state index < -0.39 is 18.8 Å². The number of carbonyl (C=O) groups excluding carboxylic acids is 1. The van der Waals surface area contributed by atoms with E-state index in [2.05, 4.69) is 5.43 Å². The van der Waals surface area contributed by atoms with Crippen molar-refractivity contribution in [3.8, 4) is 0 Å². The first-order valence-electron chi connectivity index (χ1n) is 5.69. The fraction of sp³-hybridized carbons (Fsp3) is 0.900. The molecule has 1 fully saturated rings. The number of hydrazine groups is 1. The van der Waals surface area contributed by atoms with Crippen LogP contribution in [-0.4, -0.2) is 35.8 Å². The van der Waals surface area contributed by atoms with E-state index in [0.29, 0.717) is 0 Å². The normalized spacial score (nSPS) is 26.6. The molecule has 0 spiro atoms. The SMILES string of the molecule is CC1CCCC(C)N1NC(=O)NCC(F)(F)F. The summed E-state index contributed by atoms with van der Waals surface area (Å²) in [5.74, 6) is 0. The average molecular weight is 253 g/mol. The molecule has 2 atom stereocenters. The van der Waals surface area contributed by atoms with Gasteiger partial charge in [-0.25, -0.2) is 9.80 Å². The minimum absolute atomic E-state index is 0.149. The Labute approximate surface area is 98.5 Å². The van der Waals surface area contributed by atoms with Gasteiger partial charge < -0.3 is 5.32 Å². The van der Waals surface area contributed by atoms with Crippen molar-refractivity contribution < 1.29 is 18.0 Å². The zero-order valence-electron chi connectivity index (χ0n) is 9.97. The molecule has 1 aliphatic rings. The van der Waals surface area contributed by atoms with Crippen LogP contribution in [0.5, 0.6) is 0 Å². The van der Waals surface area contributed by atoms with E-state index in [9.17, 15) is 18.0 Å². The summed E-state index contributed by atoms with van der Waals surface area (Å²) in [6.07, 6.45) is -1.44. The lowest BCUT2D eigenvalue weighted by atomic mass is 10.00. The topological polar surface area (TPSA) is 44.4 Å². The van der Waals surface area contributed by atoms with Gasteiger partial charge in [0.15, 0.2) is 0 Å². The van der Waals surface area contributed by atoms with Crippen LogP contribution in [0, 0.1) is 0 Å². The standard InChI is InChI=1S/C10H18F3N3O/c1-7-4-3-5-8(2)16(7)15-9(17)14-6-10(11,12)13/h7-8H,3-6H2,1-2H3,(H2,14,15,17). The Morgan fingerprint density at radius 1 is 1.29 bits per heavy atom. The molecule has 0 aliphatic carbocycles. The van der Waals surface area contributed by atoms with E-state index in [1.807, 2.05) is 13.8 Å². The molecule has 0 aromatic heterocycles. The summed E-state index contributed by atoms with van der Waals surface area (Å²) in [6.45, 7) is 2.58. The highest BCUT2D eigenvalue weighted by Crippen LogP contribution is 2.20. The molecule has 4 nitrogen and oxygen atoms in total. The van der Waals surface area contributed by atoms with Crippen molar-refractivity contribution in [1.82, 2.24) is 15.8 Å². The summed E-state index contributed by atoms with van der Waals surface area (Å²) < 4.78 is 35.7. The second-order valence-corrected chi connectivity index (χ2v) is 4.45. The molecule has 1 saturated heterocycles. The van der Waals surface area contributed by atoms with Gasteiger partial charge in [-0.3, -0.25) is 5.43 Å². The molecule has 0 aromatic carbocycles. The first-order chi connectivity index (χ1) is 7.79. The van der Waals surface area contributed by atoms with Crippen LogP contribution in [0.15, 0.2) is 0 Å². The van der Waals surface area contributed by atoms with Gasteiger partial charge in [0.2, 0.25) is 0 Å². The van der Waals surface area contributed by atoms with Gasteiger partial charge in [0.25, 0.3) is 0 Å². The molecular formula is C10H18F3N3O. The van der Waals surface area contributed by atoms with Crippen LogP contribution in [0.4, 0.5) is 18.0 Å². The van der Waals surface area contributed by atoms with Gasteiger partial charge in [-0.2, -0.15) is 13.2 Å². The number of hydrogen-bond acceptors (Lipinski definition) is 2. The van der Waals surface area contributed by atoms with E-state index in [-0.39, 0.29) is 12.1 Å². The number of nitrogens with zero attached hydrogens (tertiary/aromatic N) is 1. The molecule has 1 rings (SSSR count). The molecule has 0 bridgehead atoms. The average Bonchev–Trinajstić information content (AvgIpc) is 2.20. The van der Waals surface area contributed by atoms with Crippen molar-refractivity contribution in [2.75, 3.05) is 6.54 Å². The van der Waals surface area contributed by atoms with Crippen molar-refractivity contribution in [3.05, 3.63) is 0 Å². The van der Waals surface area contributed by atoms with Gasteiger partial charge in [0.05, 0.1) is 0 Å². The van der Waals surface area contributed by atoms with Crippen molar-refractivity contribution in [3.63, 3.8) is 0 Å². The summed E-state index contributed by atoms with van der Waals surface area (Å²) in [4.78, 5) is 11.3. The highest BCUT2D eigenvalue weighted by molar-refractivity contribution is 5.73. The Balaban J connectivity index is 2.39. The van der Waals surface area contributed by atoms with E-state index in [0.717, 1.165) is 19.3 Å². The van der Waals surface area contributed by atoms with Gasteiger partial charge in [0.1, 0.15) is 6.54 Å². The molecule has 2 unspecified atom stereocenters. The molecule has 1 aliphatic heterocycles. The van der Waals surface area contributed by atoms with Crippen molar-refractivity contribution in [1.29, 1.82) is 0 Å². The third-order valence-electron chi connectivity index (χ3n) is 2.87. The summed E-state index contributed by atoms with van der Waals surface area (Å²) in [5, 5.41) is 3.51. The summed E-state index contributed by atoms with van der Waals surface area (Å²) in [5.41, 5.74) is 2.47. The maximum atomic E-state index is 11.9. The van der Waals surface area contributed by atoms with E-state index >= 15 is 0 Å². The van der Waals surface area contributed by atoms with Crippen molar-refractivity contribution in [2.45, 2.75) is 51.4 Å². The quantitative estimate of drug-likeness (QED) is 0.790. The summed E-state index contributed by atoms with van der Waals surface area (Å²) in [7, 11) is 0. The molecule has 0 saturated carbocycles. The third kappa shape index (κ3) is 4.80. The van der Waals surface area contributed by atoms with E-state index in [1.165, 1.54) is 0 Å². The maximum absolute atomic E-state index is 11.9. The predicted octanol–water partition coefficient (Wildman–Crippen LogP) is 2.03. The smallest absolute Gasteiger partial charge is 0.328 e. The molecule has 0 radical (unpaired) electrons. The van der Waals surface area contributed by atoms with Gasteiger partial charge >= 0.3 is 12.2 Å². The Morgan fingerprint density at radius 2 is 1.82 bits per heavy atom. The molecule has 2 N–H and O–H groups in total. The summed E-state index contributed by atoms with van der Waals surface area (Å²) in [6, 6.07) is -0.506. The number of halogens is 3. The Bertz CT molecular complexity index is 260. The Morgan fingerprint density at radius 3 is 2.29 bits per heavy atom. The van der Waals surface area contributed by atoms with E-state index in [4.69, 9.17) is 0 Å². The third-order valence-corrected chi connectivity index (χ3v) is 2.87. The first-order valence-corrected chi connectivity index (χ1v) is 5.69. The maximum Gasteiger partial charge on any atom is 0.405 e. The van der Waals surface area contributed by atoms with Crippen LogP contribution in [-0.2, 0) is 0 Å². The number of urea groups is 1. The minimum atomic E-state index is -4.38. The van der Waals surface area contributed by atoms with Crippen LogP contribution in [0.25, 0.3) is 0 Å². The molecule has 17 heavy (non-hydrogen) atoms. The molecule has 2 amide bonds. The van der Waals surface area contributed by atoms with Crippen LogP contribution in [0.1, 0.15) is 33.1 Å². The zero-order chi connectivity index (χ0) is 13.1. The largest absolute Gasteiger partial charge is 0.405 e. The monoisotopic (exact) mass is 253 g/mol. The van der Waals surface area contributed by atoms with Gasteiger partial charge in [0, 0.05) is 12.1 Å². The number of alkyl halides is 3. The summed E-state index contributed by atoms with van der Waals surface area (Å²) >= 11 is 0. The number of nitrogens with one attached hydrogen (secondary N) is 2. The lowest BCUT2D eigenvalue weighted by Gasteiger charge is -2.38. The minimum Gasteiger partial charge on any atom is -0.328 e. The van der Waals surface area contributed by atoms with Crippen LogP contribution in [0.2, 0.25) is 0 Å². The Kier molecular flexibility index (Phi) is 4.62. The van der Waals surface area contributed by atoms with Crippen molar-refractivity contribution >= 4 is 6.03 Å². The zero-order valence-corrected chi connectivity index (χ0v) is 9.97. The van der Waals surface area contributed by atoms with Crippen LogP contribution >= 0.6 is 0 Å². The van der Waals surface area contributed by atoms with Crippen LogP contribution in [0.3, 0.4) is 0 Å². The molecule has 7 heteroatoms. The fourth-order valence-electron chi connectivity index (χ4n) is 1.98. The number of hydrogen-bond donors (Lipinski definition) is 2. The molecular weight excluding hydrogens is 235 g/mol. The Hall–Kier alpha value is -0.980. The number of rotatable bonds is 2. The second kappa shape index (κ2) is 5.57. The molecule has 100 valence electrons. The molecule has 0 aromatic rings.